The Hall–Kier alpha value is -0.770. The van der Waals surface area contributed by atoms with Crippen LogP contribution in [0.3, 0.4) is 0 Å². The second kappa shape index (κ2) is 7.48. The molecule has 3 heteroatoms. The SMILES string of the molecule is Cc1ccc(Sc2cc(Br)ccc2CNC(C)C)cc1C. The standard InChI is InChI=1S/C18H22BrNS/c1-12(2)20-11-15-6-7-16(19)10-18(15)21-17-8-5-13(3)14(4)9-17/h5-10,12,20H,11H2,1-4H3. The number of hydrogen-bond acceptors (Lipinski definition) is 2. The summed E-state index contributed by atoms with van der Waals surface area (Å²) in [6, 6.07) is 13.7. The van der Waals surface area contributed by atoms with Crippen molar-refractivity contribution in [2.45, 2.75) is 50.1 Å². The van der Waals surface area contributed by atoms with E-state index in [9.17, 15) is 0 Å². The Kier molecular flexibility index (Phi) is 5.91. The van der Waals surface area contributed by atoms with Gasteiger partial charge >= 0.3 is 0 Å². The van der Waals surface area contributed by atoms with E-state index in [1.165, 1.54) is 26.5 Å². The van der Waals surface area contributed by atoms with Gasteiger partial charge in [0.15, 0.2) is 0 Å². The summed E-state index contributed by atoms with van der Waals surface area (Å²) in [6.45, 7) is 9.57. The maximum atomic E-state index is 3.58. The van der Waals surface area contributed by atoms with Crippen LogP contribution in [0.1, 0.15) is 30.5 Å². The number of benzene rings is 2. The molecular weight excluding hydrogens is 342 g/mol. The quantitative estimate of drug-likeness (QED) is 0.729. The summed E-state index contributed by atoms with van der Waals surface area (Å²) >= 11 is 5.41. The van der Waals surface area contributed by atoms with Gasteiger partial charge < -0.3 is 5.32 Å². The molecule has 21 heavy (non-hydrogen) atoms. The second-order valence-corrected chi connectivity index (χ2v) is 7.67. The number of aryl methyl sites for hydroxylation is 2. The summed E-state index contributed by atoms with van der Waals surface area (Å²) in [4.78, 5) is 2.60. The van der Waals surface area contributed by atoms with Crippen molar-refractivity contribution in [3.8, 4) is 0 Å². The highest BCUT2D eigenvalue weighted by molar-refractivity contribution is 9.10. The molecule has 0 aliphatic heterocycles. The van der Waals surface area contributed by atoms with Crippen molar-refractivity contribution in [2.24, 2.45) is 0 Å². The third-order valence-corrected chi connectivity index (χ3v) is 5.02. The number of hydrogen-bond donors (Lipinski definition) is 1. The monoisotopic (exact) mass is 363 g/mol. The maximum Gasteiger partial charge on any atom is 0.0219 e. The van der Waals surface area contributed by atoms with Crippen molar-refractivity contribution in [3.63, 3.8) is 0 Å². The third-order valence-electron chi connectivity index (χ3n) is 3.44. The average molecular weight is 364 g/mol. The molecule has 0 saturated carbocycles. The first kappa shape index (κ1) is 16.6. The lowest BCUT2D eigenvalue weighted by Gasteiger charge is -2.13. The molecule has 1 N–H and O–H groups in total. The van der Waals surface area contributed by atoms with E-state index in [1.807, 2.05) is 11.8 Å². The normalized spacial score (nSPS) is 11.1. The summed E-state index contributed by atoms with van der Waals surface area (Å²) in [5, 5.41) is 3.50. The zero-order valence-electron chi connectivity index (χ0n) is 13.0. The third kappa shape index (κ3) is 4.87. The van der Waals surface area contributed by atoms with Crippen LogP contribution in [0.5, 0.6) is 0 Å². The van der Waals surface area contributed by atoms with Gasteiger partial charge in [0.05, 0.1) is 0 Å². The van der Waals surface area contributed by atoms with Gasteiger partial charge in [0, 0.05) is 26.9 Å². The van der Waals surface area contributed by atoms with Gasteiger partial charge in [-0.2, -0.15) is 0 Å². The van der Waals surface area contributed by atoms with Crippen LogP contribution in [-0.2, 0) is 6.54 Å². The lowest BCUT2D eigenvalue weighted by molar-refractivity contribution is 0.584. The molecule has 0 fully saturated rings. The molecule has 0 spiro atoms. The van der Waals surface area contributed by atoms with Crippen LogP contribution in [0, 0.1) is 13.8 Å². The molecule has 0 heterocycles. The predicted molar refractivity (Wildman–Crippen MR) is 96.2 cm³/mol. The largest absolute Gasteiger partial charge is 0.310 e. The molecule has 0 radical (unpaired) electrons. The molecule has 0 aliphatic carbocycles. The van der Waals surface area contributed by atoms with Crippen LogP contribution in [0.25, 0.3) is 0 Å². The van der Waals surface area contributed by atoms with Gasteiger partial charge in [0.25, 0.3) is 0 Å². The zero-order chi connectivity index (χ0) is 15.4. The Labute approximate surface area is 140 Å². The van der Waals surface area contributed by atoms with Crippen LogP contribution < -0.4 is 5.32 Å². The molecule has 0 bridgehead atoms. The van der Waals surface area contributed by atoms with Gasteiger partial charge in [-0.05, 0) is 54.8 Å². The summed E-state index contributed by atoms with van der Waals surface area (Å²) in [6.07, 6.45) is 0. The Balaban J connectivity index is 2.24. The highest BCUT2D eigenvalue weighted by Gasteiger charge is 2.07. The first-order chi connectivity index (χ1) is 9.95. The Bertz CT molecular complexity index is 623. The van der Waals surface area contributed by atoms with Crippen molar-refractivity contribution >= 4 is 27.7 Å². The Morgan fingerprint density at radius 1 is 1.05 bits per heavy atom. The highest BCUT2D eigenvalue weighted by Crippen LogP contribution is 2.33. The van der Waals surface area contributed by atoms with E-state index >= 15 is 0 Å². The molecule has 2 rings (SSSR count). The summed E-state index contributed by atoms with van der Waals surface area (Å²) < 4.78 is 1.13. The molecule has 0 saturated heterocycles. The summed E-state index contributed by atoms with van der Waals surface area (Å²) in [5.74, 6) is 0. The van der Waals surface area contributed by atoms with E-state index in [2.05, 4.69) is 85.3 Å². The van der Waals surface area contributed by atoms with Gasteiger partial charge in [-0.25, -0.2) is 0 Å². The molecular formula is C18H22BrNS. The van der Waals surface area contributed by atoms with Gasteiger partial charge in [-0.15, -0.1) is 0 Å². The molecule has 2 aromatic rings. The Morgan fingerprint density at radius 2 is 1.81 bits per heavy atom. The highest BCUT2D eigenvalue weighted by atomic mass is 79.9. The van der Waals surface area contributed by atoms with E-state index in [-0.39, 0.29) is 0 Å². The van der Waals surface area contributed by atoms with Gasteiger partial charge in [-0.1, -0.05) is 53.7 Å². The fourth-order valence-corrected chi connectivity index (χ4v) is 3.58. The van der Waals surface area contributed by atoms with E-state index in [1.54, 1.807) is 0 Å². The zero-order valence-corrected chi connectivity index (χ0v) is 15.4. The minimum Gasteiger partial charge on any atom is -0.310 e. The van der Waals surface area contributed by atoms with Crippen LogP contribution in [0.2, 0.25) is 0 Å². The maximum absolute atomic E-state index is 3.58. The average Bonchev–Trinajstić information content (AvgIpc) is 2.42. The van der Waals surface area contributed by atoms with Crippen molar-refractivity contribution in [3.05, 3.63) is 57.6 Å². The fraction of sp³-hybridized carbons (Fsp3) is 0.333. The number of rotatable bonds is 5. The van der Waals surface area contributed by atoms with Crippen molar-refractivity contribution < 1.29 is 0 Å². The van der Waals surface area contributed by atoms with Crippen molar-refractivity contribution in [2.75, 3.05) is 0 Å². The number of nitrogens with one attached hydrogen (secondary N) is 1. The summed E-state index contributed by atoms with van der Waals surface area (Å²) in [7, 11) is 0. The van der Waals surface area contributed by atoms with Gasteiger partial charge in [0.1, 0.15) is 0 Å². The first-order valence-corrected chi connectivity index (χ1v) is 8.83. The molecule has 1 nitrogen and oxygen atoms in total. The van der Waals surface area contributed by atoms with E-state index in [0.29, 0.717) is 6.04 Å². The number of halogens is 1. The predicted octanol–water partition coefficient (Wildman–Crippen LogP) is 5.72. The molecule has 0 atom stereocenters. The Morgan fingerprint density at radius 3 is 2.48 bits per heavy atom. The molecule has 2 aromatic carbocycles. The lowest BCUT2D eigenvalue weighted by atomic mass is 10.1. The first-order valence-electron chi connectivity index (χ1n) is 7.22. The topological polar surface area (TPSA) is 12.0 Å². The lowest BCUT2D eigenvalue weighted by Crippen LogP contribution is -2.22. The summed E-state index contributed by atoms with van der Waals surface area (Å²) in [5.41, 5.74) is 4.03. The minimum atomic E-state index is 0.494. The molecule has 0 amide bonds. The molecule has 0 aliphatic rings. The fourth-order valence-electron chi connectivity index (χ4n) is 1.99. The smallest absolute Gasteiger partial charge is 0.0219 e. The van der Waals surface area contributed by atoms with Gasteiger partial charge in [-0.3, -0.25) is 0 Å². The second-order valence-electron chi connectivity index (χ2n) is 5.64. The van der Waals surface area contributed by atoms with Crippen LogP contribution in [0.4, 0.5) is 0 Å². The van der Waals surface area contributed by atoms with Crippen molar-refractivity contribution in [1.82, 2.24) is 5.32 Å². The van der Waals surface area contributed by atoms with E-state index < -0.39 is 0 Å². The van der Waals surface area contributed by atoms with E-state index in [4.69, 9.17) is 0 Å². The van der Waals surface area contributed by atoms with Crippen LogP contribution in [0.15, 0.2) is 50.7 Å². The molecule has 112 valence electrons. The van der Waals surface area contributed by atoms with Crippen LogP contribution >= 0.6 is 27.7 Å². The van der Waals surface area contributed by atoms with Crippen LogP contribution in [-0.4, -0.2) is 6.04 Å². The van der Waals surface area contributed by atoms with Crippen molar-refractivity contribution in [1.29, 1.82) is 0 Å². The minimum absolute atomic E-state index is 0.494. The van der Waals surface area contributed by atoms with E-state index in [0.717, 1.165) is 11.0 Å². The molecule has 0 unspecified atom stereocenters. The van der Waals surface area contributed by atoms with Gasteiger partial charge in [0.2, 0.25) is 0 Å². The molecule has 0 aromatic heterocycles.